The second kappa shape index (κ2) is 6.01. The van der Waals surface area contributed by atoms with Crippen molar-refractivity contribution in [2.75, 3.05) is 27.1 Å². The number of nitrogen functional groups attached to an aromatic ring is 1. The van der Waals surface area contributed by atoms with E-state index in [4.69, 9.17) is 24.7 Å². The topological polar surface area (TPSA) is 75.8 Å². The van der Waals surface area contributed by atoms with Crippen LogP contribution in [0.4, 0.5) is 5.69 Å². The summed E-state index contributed by atoms with van der Waals surface area (Å²) in [6.45, 7) is 0. The molecule has 0 unspecified atom stereocenters. The largest absolute Gasteiger partial charge is 0.493 e. The van der Waals surface area contributed by atoms with E-state index in [0.717, 1.165) is 0 Å². The van der Waals surface area contributed by atoms with Crippen molar-refractivity contribution in [1.82, 2.24) is 4.98 Å². The van der Waals surface area contributed by atoms with Gasteiger partial charge in [0.25, 0.3) is 0 Å². The van der Waals surface area contributed by atoms with Crippen molar-refractivity contribution >= 4 is 5.69 Å². The van der Waals surface area contributed by atoms with Crippen LogP contribution < -0.4 is 24.7 Å². The molecule has 0 aliphatic carbocycles. The molecule has 1 heterocycles. The molecular weight excluding hydrogens is 260 g/mol. The smallest absolute Gasteiger partial charge is 0.203 e. The predicted octanol–water partition coefficient (Wildman–Crippen LogP) is 2.48. The van der Waals surface area contributed by atoms with Gasteiger partial charge in [0.2, 0.25) is 5.75 Å². The molecule has 6 nitrogen and oxygen atoms in total. The van der Waals surface area contributed by atoms with Gasteiger partial charge >= 0.3 is 0 Å². The number of rotatable bonds is 5. The molecule has 20 heavy (non-hydrogen) atoms. The highest BCUT2D eigenvalue weighted by molar-refractivity contribution is 5.56. The van der Waals surface area contributed by atoms with E-state index in [1.165, 1.54) is 0 Å². The molecule has 1 aromatic carbocycles. The van der Waals surface area contributed by atoms with Gasteiger partial charge in [0.1, 0.15) is 11.5 Å². The zero-order valence-corrected chi connectivity index (χ0v) is 11.5. The van der Waals surface area contributed by atoms with Crippen LogP contribution in [0.25, 0.3) is 0 Å². The van der Waals surface area contributed by atoms with Crippen LogP contribution in [-0.2, 0) is 0 Å². The average molecular weight is 276 g/mol. The third-order valence-corrected chi connectivity index (χ3v) is 2.61. The minimum absolute atomic E-state index is 0.507. The maximum absolute atomic E-state index is 5.69. The molecule has 0 aliphatic heterocycles. The monoisotopic (exact) mass is 276 g/mol. The molecule has 0 atom stereocenters. The molecule has 1 aromatic heterocycles. The molecule has 2 aromatic rings. The second-order valence-corrected chi connectivity index (χ2v) is 3.92. The molecule has 0 saturated carbocycles. The number of hydrogen-bond acceptors (Lipinski definition) is 6. The minimum Gasteiger partial charge on any atom is -0.493 e. The highest BCUT2D eigenvalue weighted by Crippen LogP contribution is 2.41. The molecule has 6 heteroatoms. The van der Waals surface area contributed by atoms with Crippen LogP contribution >= 0.6 is 0 Å². The van der Waals surface area contributed by atoms with E-state index in [9.17, 15) is 0 Å². The molecule has 106 valence electrons. The number of benzene rings is 1. The number of methoxy groups -OCH3 is 3. The van der Waals surface area contributed by atoms with Crippen LogP contribution in [0, 0.1) is 0 Å². The number of aromatic nitrogens is 1. The Morgan fingerprint density at radius 2 is 1.50 bits per heavy atom. The van der Waals surface area contributed by atoms with Crippen molar-refractivity contribution in [2.24, 2.45) is 0 Å². The van der Waals surface area contributed by atoms with E-state index in [1.807, 2.05) is 0 Å². The summed E-state index contributed by atoms with van der Waals surface area (Å²) in [5.41, 5.74) is 6.18. The van der Waals surface area contributed by atoms with Crippen LogP contribution in [0.5, 0.6) is 28.7 Å². The summed E-state index contributed by atoms with van der Waals surface area (Å²) in [7, 11) is 4.63. The standard InChI is InChI=1S/C14H16N2O4/c1-17-12-5-10(6-13(18-2)14(12)19-3)20-11-4-9(15)7-16-8-11/h4-8H,15H2,1-3H3. The van der Waals surface area contributed by atoms with Crippen molar-refractivity contribution in [3.63, 3.8) is 0 Å². The van der Waals surface area contributed by atoms with Gasteiger partial charge in [-0.15, -0.1) is 0 Å². The van der Waals surface area contributed by atoms with Crippen LogP contribution in [0.2, 0.25) is 0 Å². The highest BCUT2D eigenvalue weighted by atomic mass is 16.5. The Bertz CT molecular complexity index is 576. The van der Waals surface area contributed by atoms with Gasteiger partial charge in [-0.1, -0.05) is 0 Å². The molecule has 0 amide bonds. The normalized spacial score (nSPS) is 9.95. The van der Waals surface area contributed by atoms with E-state index in [0.29, 0.717) is 34.4 Å². The molecule has 0 radical (unpaired) electrons. The Morgan fingerprint density at radius 3 is 2.00 bits per heavy atom. The molecule has 0 spiro atoms. The highest BCUT2D eigenvalue weighted by Gasteiger charge is 2.14. The van der Waals surface area contributed by atoms with E-state index < -0.39 is 0 Å². The number of nitrogens with two attached hydrogens (primary N) is 1. The van der Waals surface area contributed by atoms with Gasteiger partial charge in [0, 0.05) is 18.2 Å². The number of nitrogens with zero attached hydrogens (tertiary/aromatic N) is 1. The first kappa shape index (κ1) is 13.8. The number of ether oxygens (including phenoxy) is 4. The number of hydrogen-bond donors (Lipinski definition) is 1. The summed E-state index contributed by atoms with van der Waals surface area (Å²) in [6, 6.07) is 5.07. The Morgan fingerprint density at radius 1 is 0.850 bits per heavy atom. The fourth-order valence-corrected chi connectivity index (χ4v) is 1.74. The molecule has 0 saturated heterocycles. The Hall–Kier alpha value is -2.63. The van der Waals surface area contributed by atoms with Gasteiger partial charge in [-0.2, -0.15) is 0 Å². The second-order valence-electron chi connectivity index (χ2n) is 3.92. The molecule has 2 rings (SSSR count). The van der Waals surface area contributed by atoms with Crippen molar-refractivity contribution in [2.45, 2.75) is 0 Å². The SMILES string of the molecule is COc1cc(Oc2cncc(N)c2)cc(OC)c1OC. The van der Waals surface area contributed by atoms with Gasteiger partial charge < -0.3 is 24.7 Å². The number of anilines is 1. The lowest BCUT2D eigenvalue weighted by Gasteiger charge is -2.14. The summed E-state index contributed by atoms with van der Waals surface area (Å²) < 4.78 is 21.4. The zero-order valence-electron chi connectivity index (χ0n) is 11.5. The molecule has 2 N–H and O–H groups in total. The summed E-state index contributed by atoms with van der Waals surface area (Å²) >= 11 is 0. The maximum Gasteiger partial charge on any atom is 0.203 e. The lowest BCUT2D eigenvalue weighted by molar-refractivity contribution is 0.321. The lowest BCUT2D eigenvalue weighted by Crippen LogP contribution is -1.96. The minimum atomic E-state index is 0.507. The van der Waals surface area contributed by atoms with E-state index in [1.54, 1.807) is 51.9 Å². The summed E-state index contributed by atoms with van der Waals surface area (Å²) in [5.74, 6) is 2.59. The van der Waals surface area contributed by atoms with Crippen molar-refractivity contribution in [1.29, 1.82) is 0 Å². The Labute approximate surface area is 117 Å². The van der Waals surface area contributed by atoms with Crippen molar-refractivity contribution in [3.8, 4) is 28.7 Å². The summed E-state index contributed by atoms with van der Waals surface area (Å²) in [4.78, 5) is 3.96. The van der Waals surface area contributed by atoms with Gasteiger partial charge in [-0.25, -0.2) is 0 Å². The van der Waals surface area contributed by atoms with Crippen LogP contribution in [-0.4, -0.2) is 26.3 Å². The third-order valence-electron chi connectivity index (χ3n) is 2.61. The molecule has 0 aliphatic rings. The van der Waals surface area contributed by atoms with Gasteiger partial charge in [-0.05, 0) is 0 Å². The zero-order chi connectivity index (χ0) is 14.5. The van der Waals surface area contributed by atoms with Crippen LogP contribution in [0.1, 0.15) is 0 Å². The van der Waals surface area contributed by atoms with E-state index in [-0.39, 0.29) is 0 Å². The molecule has 0 fully saturated rings. The van der Waals surface area contributed by atoms with Crippen molar-refractivity contribution in [3.05, 3.63) is 30.6 Å². The lowest BCUT2D eigenvalue weighted by atomic mass is 10.2. The Balaban J connectivity index is 2.37. The first-order valence-corrected chi connectivity index (χ1v) is 5.86. The van der Waals surface area contributed by atoms with Gasteiger partial charge in [-0.3, -0.25) is 4.98 Å². The quantitative estimate of drug-likeness (QED) is 0.904. The Kier molecular flexibility index (Phi) is 4.14. The first-order valence-electron chi connectivity index (χ1n) is 5.86. The van der Waals surface area contributed by atoms with E-state index >= 15 is 0 Å². The van der Waals surface area contributed by atoms with Gasteiger partial charge in [0.15, 0.2) is 11.5 Å². The van der Waals surface area contributed by atoms with Crippen LogP contribution in [0.15, 0.2) is 30.6 Å². The fraction of sp³-hybridized carbons (Fsp3) is 0.214. The number of pyridine rings is 1. The van der Waals surface area contributed by atoms with Crippen molar-refractivity contribution < 1.29 is 18.9 Å². The maximum atomic E-state index is 5.69. The van der Waals surface area contributed by atoms with E-state index in [2.05, 4.69) is 4.98 Å². The molecule has 0 bridgehead atoms. The average Bonchev–Trinajstić information content (AvgIpc) is 2.46. The third kappa shape index (κ3) is 2.85. The summed E-state index contributed by atoms with van der Waals surface area (Å²) in [5, 5.41) is 0. The fourth-order valence-electron chi connectivity index (χ4n) is 1.74. The van der Waals surface area contributed by atoms with Gasteiger partial charge in [0.05, 0.1) is 39.4 Å². The molecular formula is C14H16N2O4. The summed E-state index contributed by atoms with van der Waals surface area (Å²) in [6.07, 6.45) is 3.11. The van der Waals surface area contributed by atoms with Crippen LogP contribution in [0.3, 0.4) is 0 Å². The first-order chi connectivity index (χ1) is 9.67. The predicted molar refractivity (Wildman–Crippen MR) is 74.8 cm³/mol.